The third kappa shape index (κ3) is 4.68. The fourth-order valence-corrected chi connectivity index (χ4v) is 4.69. The summed E-state index contributed by atoms with van der Waals surface area (Å²) in [5, 5.41) is 12.5. The van der Waals surface area contributed by atoms with Crippen LogP contribution in [-0.4, -0.2) is 16.1 Å². The van der Waals surface area contributed by atoms with Gasteiger partial charge in [-0.2, -0.15) is 0 Å². The number of benzene rings is 1. The normalized spacial score (nSPS) is 15.5. The number of carbonyl (C=O) groups is 1. The number of anilines is 1. The Balaban J connectivity index is 1.53. The minimum Gasteiger partial charge on any atom is -0.300 e. The third-order valence-corrected chi connectivity index (χ3v) is 6.31. The van der Waals surface area contributed by atoms with Crippen LogP contribution in [0.1, 0.15) is 37.7 Å². The Kier molecular flexibility index (Phi) is 5.91. The number of nitrogens with zero attached hydrogens (tertiary/aromatic N) is 2. The predicted octanol–water partition coefficient (Wildman–Crippen LogP) is 5.00. The van der Waals surface area contributed by atoms with E-state index in [0.29, 0.717) is 5.13 Å². The van der Waals surface area contributed by atoms with Gasteiger partial charge in [0.25, 0.3) is 0 Å². The van der Waals surface area contributed by atoms with Crippen molar-refractivity contribution in [3.8, 4) is 0 Å². The maximum absolute atomic E-state index is 12.2. The Labute approximate surface area is 149 Å². The standard InChI is InChI=1S/C16H18ClN3OS2/c17-13-9-5-4-8-12(13)10-22-16-20-19-15(23-16)18-14(21)11-6-2-1-3-7-11/h4-5,8-9,11H,1-3,6-7,10H2,(H,18,19,21). The van der Waals surface area contributed by atoms with Crippen molar-refractivity contribution >= 4 is 45.7 Å². The van der Waals surface area contributed by atoms with Crippen molar-refractivity contribution in [1.82, 2.24) is 10.2 Å². The fraction of sp³-hybridized carbons (Fsp3) is 0.438. The molecule has 1 heterocycles. The molecule has 2 aromatic rings. The van der Waals surface area contributed by atoms with Gasteiger partial charge >= 0.3 is 0 Å². The lowest BCUT2D eigenvalue weighted by molar-refractivity contribution is -0.120. The summed E-state index contributed by atoms with van der Waals surface area (Å²) in [5.41, 5.74) is 1.07. The van der Waals surface area contributed by atoms with E-state index < -0.39 is 0 Å². The second-order valence-corrected chi connectivity index (χ2v) is 8.18. The number of hydrogen-bond acceptors (Lipinski definition) is 5. The van der Waals surface area contributed by atoms with Crippen molar-refractivity contribution in [2.45, 2.75) is 42.2 Å². The summed E-state index contributed by atoms with van der Waals surface area (Å²) in [4.78, 5) is 12.2. The molecule has 0 saturated heterocycles. The number of amides is 1. The van der Waals surface area contributed by atoms with Crippen LogP contribution < -0.4 is 5.32 Å². The molecule has 0 bridgehead atoms. The van der Waals surface area contributed by atoms with Crippen molar-refractivity contribution in [3.63, 3.8) is 0 Å². The summed E-state index contributed by atoms with van der Waals surface area (Å²) in [6.45, 7) is 0. The largest absolute Gasteiger partial charge is 0.300 e. The number of rotatable bonds is 5. The molecule has 0 unspecified atom stereocenters. The maximum Gasteiger partial charge on any atom is 0.229 e. The summed E-state index contributed by atoms with van der Waals surface area (Å²) >= 11 is 9.14. The number of nitrogens with one attached hydrogen (secondary N) is 1. The van der Waals surface area contributed by atoms with E-state index in [9.17, 15) is 4.79 Å². The van der Waals surface area contributed by atoms with Crippen LogP contribution in [0, 0.1) is 5.92 Å². The highest BCUT2D eigenvalue weighted by molar-refractivity contribution is 8.00. The molecule has 1 aliphatic rings. The van der Waals surface area contributed by atoms with Gasteiger partial charge in [0.1, 0.15) is 0 Å². The zero-order valence-corrected chi connectivity index (χ0v) is 15.0. The lowest BCUT2D eigenvalue weighted by atomic mass is 9.89. The van der Waals surface area contributed by atoms with Gasteiger partial charge in [0, 0.05) is 16.7 Å². The number of hydrogen-bond donors (Lipinski definition) is 1. The van der Waals surface area contributed by atoms with Gasteiger partial charge in [0.2, 0.25) is 11.0 Å². The van der Waals surface area contributed by atoms with Crippen molar-refractivity contribution in [2.24, 2.45) is 5.92 Å². The lowest BCUT2D eigenvalue weighted by Gasteiger charge is -2.19. The van der Waals surface area contributed by atoms with E-state index in [1.807, 2.05) is 24.3 Å². The summed E-state index contributed by atoms with van der Waals surface area (Å²) in [6, 6.07) is 7.77. The van der Waals surface area contributed by atoms with E-state index in [0.717, 1.165) is 46.4 Å². The van der Waals surface area contributed by atoms with E-state index in [1.165, 1.54) is 17.8 Å². The molecule has 3 rings (SSSR count). The average Bonchev–Trinajstić information content (AvgIpc) is 3.02. The highest BCUT2D eigenvalue weighted by Crippen LogP contribution is 2.31. The van der Waals surface area contributed by atoms with Gasteiger partial charge in [0.05, 0.1) is 0 Å². The first kappa shape index (κ1) is 16.7. The molecule has 122 valence electrons. The highest BCUT2D eigenvalue weighted by atomic mass is 35.5. The quantitative estimate of drug-likeness (QED) is 0.596. The SMILES string of the molecule is O=C(Nc1nnc(SCc2ccccc2Cl)s1)C1CCCCC1. The Morgan fingerprint density at radius 1 is 1.26 bits per heavy atom. The van der Waals surface area contributed by atoms with Gasteiger partial charge < -0.3 is 5.32 Å². The average molecular weight is 368 g/mol. The molecule has 1 aromatic heterocycles. The van der Waals surface area contributed by atoms with Gasteiger partial charge in [-0.1, -0.05) is 72.2 Å². The van der Waals surface area contributed by atoms with Crippen LogP contribution in [0.2, 0.25) is 5.02 Å². The monoisotopic (exact) mass is 367 g/mol. The smallest absolute Gasteiger partial charge is 0.229 e. The number of halogens is 1. The third-order valence-electron chi connectivity index (χ3n) is 3.92. The van der Waals surface area contributed by atoms with Crippen LogP contribution in [-0.2, 0) is 10.5 Å². The van der Waals surface area contributed by atoms with Gasteiger partial charge in [-0.3, -0.25) is 4.79 Å². The summed E-state index contributed by atoms with van der Waals surface area (Å²) < 4.78 is 0.837. The molecular formula is C16H18ClN3OS2. The van der Waals surface area contributed by atoms with Crippen LogP contribution in [0.15, 0.2) is 28.6 Å². The van der Waals surface area contributed by atoms with Crippen LogP contribution in [0.5, 0.6) is 0 Å². The molecule has 23 heavy (non-hydrogen) atoms. The molecule has 1 N–H and O–H groups in total. The first-order chi connectivity index (χ1) is 11.2. The van der Waals surface area contributed by atoms with Crippen molar-refractivity contribution in [1.29, 1.82) is 0 Å². The highest BCUT2D eigenvalue weighted by Gasteiger charge is 2.22. The van der Waals surface area contributed by atoms with E-state index in [2.05, 4.69) is 15.5 Å². The van der Waals surface area contributed by atoms with E-state index >= 15 is 0 Å². The second-order valence-electron chi connectivity index (χ2n) is 5.58. The zero-order valence-electron chi connectivity index (χ0n) is 12.6. The zero-order chi connectivity index (χ0) is 16.1. The summed E-state index contributed by atoms with van der Waals surface area (Å²) in [5.74, 6) is 0.959. The van der Waals surface area contributed by atoms with Crippen molar-refractivity contribution < 1.29 is 4.79 Å². The molecule has 0 radical (unpaired) electrons. The van der Waals surface area contributed by atoms with Gasteiger partial charge in [0.15, 0.2) is 4.34 Å². The van der Waals surface area contributed by atoms with Crippen LogP contribution in [0.4, 0.5) is 5.13 Å². The number of carbonyl (C=O) groups excluding carboxylic acids is 1. The lowest BCUT2D eigenvalue weighted by Crippen LogP contribution is -2.24. The Morgan fingerprint density at radius 3 is 2.83 bits per heavy atom. The molecule has 4 nitrogen and oxygen atoms in total. The first-order valence-corrected chi connectivity index (χ1v) is 9.91. The van der Waals surface area contributed by atoms with Crippen LogP contribution in [0.25, 0.3) is 0 Å². The van der Waals surface area contributed by atoms with Gasteiger partial charge in [-0.15, -0.1) is 10.2 Å². The van der Waals surface area contributed by atoms with E-state index in [4.69, 9.17) is 11.6 Å². The molecule has 7 heteroatoms. The predicted molar refractivity (Wildman–Crippen MR) is 96.1 cm³/mol. The second kappa shape index (κ2) is 8.13. The fourth-order valence-electron chi connectivity index (χ4n) is 2.65. The molecule has 0 aliphatic heterocycles. The minimum absolute atomic E-state index is 0.0866. The van der Waals surface area contributed by atoms with E-state index in [-0.39, 0.29) is 11.8 Å². The van der Waals surface area contributed by atoms with E-state index in [1.54, 1.807) is 11.8 Å². The molecule has 1 amide bonds. The van der Waals surface area contributed by atoms with Gasteiger partial charge in [-0.05, 0) is 24.5 Å². The van der Waals surface area contributed by atoms with Gasteiger partial charge in [-0.25, -0.2) is 0 Å². The van der Waals surface area contributed by atoms with Crippen molar-refractivity contribution in [2.75, 3.05) is 5.32 Å². The molecular weight excluding hydrogens is 350 g/mol. The topological polar surface area (TPSA) is 54.9 Å². The Bertz CT molecular complexity index is 671. The molecule has 0 atom stereocenters. The Hall–Kier alpha value is -1.11. The molecule has 1 aromatic carbocycles. The number of thioether (sulfide) groups is 1. The van der Waals surface area contributed by atoms with Crippen molar-refractivity contribution in [3.05, 3.63) is 34.9 Å². The van der Waals surface area contributed by atoms with Crippen LogP contribution in [0.3, 0.4) is 0 Å². The van der Waals surface area contributed by atoms with Crippen LogP contribution >= 0.6 is 34.7 Å². The summed E-state index contributed by atoms with van der Waals surface area (Å²) in [6.07, 6.45) is 5.50. The summed E-state index contributed by atoms with van der Waals surface area (Å²) in [7, 11) is 0. The molecule has 0 spiro atoms. The Morgan fingerprint density at radius 2 is 2.04 bits per heavy atom. The minimum atomic E-state index is 0.0866. The molecule has 1 saturated carbocycles. The maximum atomic E-state index is 12.2. The number of aromatic nitrogens is 2. The molecule has 1 fully saturated rings. The molecule has 1 aliphatic carbocycles. The first-order valence-electron chi connectivity index (χ1n) is 7.73.